The minimum Gasteiger partial charge on any atom is -0.457 e. The third kappa shape index (κ3) is 7.69. The van der Waals surface area contributed by atoms with E-state index in [0.717, 1.165) is 39.4 Å². The molecule has 1 aliphatic heterocycles. The van der Waals surface area contributed by atoms with Gasteiger partial charge in [-0.3, -0.25) is 4.57 Å². The van der Waals surface area contributed by atoms with E-state index in [1.54, 1.807) is 0 Å². The van der Waals surface area contributed by atoms with Crippen molar-refractivity contribution in [2.75, 3.05) is 16.5 Å². The van der Waals surface area contributed by atoms with Crippen molar-refractivity contribution in [1.82, 2.24) is 9.55 Å². The van der Waals surface area contributed by atoms with Crippen molar-refractivity contribution >= 4 is 33.2 Å². The summed E-state index contributed by atoms with van der Waals surface area (Å²) in [6, 6.07) is 58.7. The molecule has 0 spiro atoms. The van der Waals surface area contributed by atoms with Crippen molar-refractivity contribution in [2.45, 2.75) is 80.1 Å². The highest BCUT2D eigenvalue weighted by atomic mass is 16.5. The average molecular weight is 829 g/mol. The lowest BCUT2D eigenvalue weighted by Crippen LogP contribution is -2.31. The van der Waals surface area contributed by atoms with E-state index in [9.17, 15) is 0 Å². The van der Waals surface area contributed by atoms with Crippen LogP contribution in [0.25, 0.3) is 27.6 Å². The fourth-order valence-corrected chi connectivity index (χ4v) is 9.63. The van der Waals surface area contributed by atoms with Crippen LogP contribution in [0.2, 0.25) is 0 Å². The van der Waals surface area contributed by atoms with Gasteiger partial charge in [-0.2, -0.15) is 0 Å². The van der Waals surface area contributed by atoms with Gasteiger partial charge < -0.3 is 14.5 Å². The van der Waals surface area contributed by atoms with Crippen molar-refractivity contribution in [2.24, 2.45) is 10.8 Å². The van der Waals surface area contributed by atoms with Crippen molar-refractivity contribution in [3.8, 4) is 17.3 Å². The van der Waals surface area contributed by atoms with Crippen LogP contribution >= 0.6 is 0 Å². The molecule has 2 aromatic heterocycles. The van der Waals surface area contributed by atoms with Gasteiger partial charge in [0.05, 0.1) is 17.7 Å². The number of anilines is 2. The largest absolute Gasteiger partial charge is 0.457 e. The van der Waals surface area contributed by atoms with Crippen LogP contribution in [0.3, 0.4) is 0 Å². The van der Waals surface area contributed by atoms with Crippen LogP contribution in [0, 0.1) is 10.8 Å². The van der Waals surface area contributed by atoms with E-state index in [4.69, 9.17) is 9.72 Å². The summed E-state index contributed by atoms with van der Waals surface area (Å²) in [6.45, 7) is 23.9. The van der Waals surface area contributed by atoms with Gasteiger partial charge in [0.15, 0.2) is 0 Å². The summed E-state index contributed by atoms with van der Waals surface area (Å²) in [6.07, 6.45) is 1.94. The minimum absolute atomic E-state index is 0.129. The Morgan fingerprint density at radius 1 is 0.429 bits per heavy atom. The van der Waals surface area contributed by atoms with Crippen LogP contribution < -0.4 is 14.5 Å². The number of para-hydroxylation sites is 1. The van der Waals surface area contributed by atoms with Crippen molar-refractivity contribution in [3.63, 3.8) is 0 Å². The van der Waals surface area contributed by atoms with E-state index in [0.29, 0.717) is 6.67 Å². The summed E-state index contributed by atoms with van der Waals surface area (Å²) in [5.74, 6) is 2.44. The van der Waals surface area contributed by atoms with Gasteiger partial charge in [-0.1, -0.05) is 166 Å². The summed E-state index contributed by atoms with van der Waals surface area (Å²) < 4.78 is 9.12. The SMILES string of the molecule is CC(C)(C)C1=C(C(C)(C)C)N(c2cccc(C(C)(C)c3ccccc3)c2)CN1c1cccc(Oc2ccc3c4ccccc4n(-c4cc(C(C)(C)c5ccccc5)ccn4)c3c2)c1. The summed E-state index contributed by atoms with van der Waals surface area (Å²) in [5.41, 5.74) is 11.5. The zero-order chi connectivity index (χ0) is 44.3. The maximum absolute atomic E-state index is 6.84. The second kappa shape index (κ2) is 15.6. The lowest BCUT2D eigenvalue weighted by molar-refractivity contribution is 0.444. The van der Waals surface area contributed by atoms with Crippen molar-refractivity contribution in [1.29, 1.82) is 0 Å². The topological polar surface area (TPSA) is 33.5 Å². The molecule has 9 rings (SSSR count). The third-order valence-electron chi connectivity index (χ3n) is 13.0. The molecule has 0 radical (unpaired) electrons. The van der Waals surface area contributed by atoms with Crippen LogP contribution in [-0.2, 0) is 10.8 Å². The van der Waals surface area contributed by atoms with Gasteiger partial charge in [0.2, 0.25) is 0 Å². The third-order valence-corrected chi connectivity index (χ3v) is 13.0. The van der Waals surface area contributed by atoms with Gasteiger partial charge in [0, 0.05) is 73.5 Å². The zero-order valence-electron chi connectivity index (χ0n) is 38.6. The molecule has 5 nitrogen and oxygen atoms in total. The molecule has 0 N–H and O–H groups in total. The molecule has 0 saturated carbocycles. The van der Waals surface area contributed by atoms with E-state index in [-0.39, 0.29) is 21.7 Å². The second-order valence-electron chi connectivity index (χ2n) is 20.3. The monoisotopic (exact) mass is 828 g/mol. The zero-order valence-corrected chi connectivity index (χ0v) is 38.6. The van der Waals surface area contributed by atoms with E-state index in [2.05, 4.69) is 247 Å². The fourth-order valence-electron chi connectivity index (χ4n) is 9.63. The highest BCUT2D eigenvalue weighted by Crippen LogP contribution is 2.49. The van der Waals surface area contributed by atoms with E-state index >= 15 is 0 Å². The first-order valence-corrected chi connectivity index (χ1v) is 22.3. The predicted octanol–water partition coefficient (Wildman–Crippen LogP) is 15.2. The minimum atomic E-state index is -0.206. The Hall–Kier alpha value is -6.59. The van der Waals surface area contributed by atoms with Crippen LogP contribution in [0.4, 0.5) is 11.4 Å². The molecule has 0 fully saturated rings. The van der Waals surface area contributed by atoms with Crippen LogP contribution in [0.5, 0.6) is 11.5 Å². The molecule has 0 bridgehead atoms. The molecule has 8 aromatic rings. The molecule has 0 unspecified atom stereocenters. The smallest absolute Gasteiger partial charge is 0.137 e. The van der Waals surface area contributed by atoms with Crippen LogP contribution in [-0.4, -0.2) is 16.2 Å². The summed E-state index contributed by atoms with van der Waals surface area (Å²) in [7, 11) is 0. The standard InChI is InChI=1S/C58H60N4O/c1-55(2,3)53-54(56(4,5)6)61(39-60(53)44-26-19-25-42(35-44)57(7,8)40-21-13-11-14-22-40)45-27-20-28-46(37-45)63-47-31-32-49-48-29-17-18-30-50(48)62(51(49)38-47)52-36-43(33-34-59-52)58(9,10)41-23-15-12-16-24-41/h11-38H,39H2,1-10H3. The van der Waals surface area contributed by atoms with E-state index < -0.39 is 0 Å². The Bertz CT molecular complexity index is 2980. The number of hydrogen-bond donors (Lipinski definition) is 0. The van der Waals surface area contributed by atoms with Gasteiger partial charge in [0.1, 0.15) is 17.3 Å². The number of benzene rings is 6. The highest BCUT2D eigenvalue weighted by molar-refractivity contribution is 6.09. The van der Waals surface area contributed by atoms with Gasteiger partial charge in [-0.15, -0.1) is 0 Å². The first-order valence-electron chi connectivity index (χ1n) is 22.3. The summed E-state index contributed by atoms with van der Waals surface area (Å²) >= 11 is 0. The van der Waals surface area contributed by atoms with Crippen molar-refractivity contribution < 1.29 is 4.74 Å². The summed E-state index contributed by atoms with van der Waals surface area (Å²) in [5, 5.41) is 2.34. The maximum Gasteiger partial charge on any atom is 0.137 e. The number of hydrogen-bond acceptors (Lipinski definition) is 4. The van der Waals surface area contributed by atoms with Crippen molar-refractivity contribution in [3.05, 3.63) is 204 Å². The maximum atomic E-state index is 6.84. The number of pyridine rings is 1. The molecular weight excluding hydrogens is 769 g/mol. The van der Waals surface area contributed by atoms with Crippen LogP contribution in [0.1, 0.15) is 91.5 Å². The van der Waals surface area contributed by atoms with E-state index in [1.165, 1.54) is 44.7 Å². The number of aromatic nitrogens is 2. The molecule has 1 aliphatic rings. The van der Waals surface area contributed by atoms with Gasteiger partial charge >= 0.3 is 0 Å². The Morgan fingerprint density at radius 2 is 0.937 bits per heavy atom. The normalized spacial score (nSPS) is 14.0. The summed E-state index contributed by atoms with van der Waals surface area (Å²) in [4.78, 5) is 10.0. The first kappa shape index (κ1) is 41.7. The van der Waals surface area contributed by atoms with Gasteiger partial charge in [-0.05, 0) is 76.9 Å². The molecule has 63 heavy (non-hydrogen) atoms. The van der Waals surface area contributed by atoms with Gasteiger partial charge in [0.25, 0.3) is 0 Å². The Morgan fingerprint density at radius 3 is 1.56 bits per heavy atom. The molecule has 0 amide bonds. The lowest BCUT2D eigenvalue weighted by Gasteiger charge is -2.34. The Balaban J connectivity index is 1.08. The first-order chi connectivity index (χ1) is 30.0. The molecule has 0 atom stereocenters. The average Bonchev–Trinajstić information content (AvgIpc) is 3.86. The Kier molecular flexibility index (Phi) is 10.4. The predicted molar refractivity (Wildman–Crippen MR) is 264 cm³/mol. The highest BCUT2D eigenvalue weighted by Gasteiger charge is 2.42. The quantitative estimate of drug-likeness (QED) is 0.145. The van der Waals surface area contributed by atoms with Gasteiger partial charge in [-0.25, -0.2) is 4.98 Å². The number of allylic oxidation sites excluding steroid dienone is 2. The lowest BCUT2D eigenvalue weighted by atomic mass is 9.78. The fraction of sp³-hybridized carbons (Fsp3) is 0.259. The van der Waals surface area contributed by atoms with E-state index in [1.807, 2.05) is 6.20 Å². The molecule has 5 heteroatoms. The molecule has 3 heterocycles. The molecule has 6 aromatic carbocycles. The Labute approximate surface area is 374 Å². The number of nitrogens with zero attached hydrogens (tertiary/aromatic N) is 4. The molecule has 0 aliphatic carbocycles. The molecular formula is C58H60N4O. The molecule has 0 saturated heterocycles. The van der Waals surface area contributed by atoms with Crippen LogP contribution in [0.15, 0.2) is 181 Å². The second-order valence-corrected chi connectivity index (χ2v) is 20.3. The number of fused-ring (bicyclic) bond motifs is 3. The molecule has 318 valence electrons. The number of ether oxygens (including phenoxy) is 1. The number of rotatable bonds is 9.